The van der Waals surface area contributed by atoms with E-state index in [2.05, 4.69) is 29.5 Å². The molecule has 4 nitrogen and oxygen atoms in total. The zero-order chi connectivity index (χ0) is 13.8. The van der Waals surface area contributed by atoms with Gasteiger partial charge in [-0.15, -0.1) is 0 Å². The maximum Gasteiger partial charge on any atom is 0.229 e. The molecule has 100 valence electrons. The largest absolute Gasteiger partial charge is 0.368 e. The molecule has 4 heteroatoms. The number of carbonyl (C=O) groups excluding carboxylic acids is 1. The number of rotatable bonds is 4. The highest BCUT2D eigenvalue weighted by Crippen LogP contribution is 2.17. The molecule has 18 heavy (non-hydrogen) atoms. The van der Waals surface area contributed by atoms with Crippen LogP contribution in [0.4, 0.5) is 11.5 Å². The molecule has 0 saturated heterocycles. The maximum absolute atomic E-state index is 11.8. The fraction of sp³-hybridized carbons (Fsp3) is 0.571. The lowest BCUT2D eigenvalue weighted by molar-refractivity contribution is -0.123. The van der Waals surface area contributed by atoms with Crippen LogP contribution in [0.1, 0.15) is 41.0 Å². The van der Waals surface area contributed by atoms with Gasteiger partial charge in [0.15, 0.2) is 0 Å². The first-order valence-electron chi connectivity index (χ1n) is 6.37. The van der Waals surface area contributed by atoms with Crippen LogP contribution >= 0.6 is 0 Å². The van der Waals surface area contributed by atoms with E-state index in [1.54, 1.807) is 6.20 Å². The summed E-state index contributed by atoms with van der Waals surface area (Å²) in [5, 5.41) is 6.13. The second kappa shape index (κ2) is 5.85. The van der Waals surface area contributed by atoms with E-state index in [4.69, 9.17) is 0 Å². The number of nitrogens with zero attached hydrogens (tertiary/aromatic N) is 1. The summed E-state index contributed by atoms with van der Waals surface area (Å²) in [5.41, 5.74) is 0.331. The molecule has 1 aromatic heterocycles. The van der Waals surface area contributed by atoms with Gasteiger partial charge in [0.05, 0.1) is 11.9 Å². The lowest BCUT2D eigenvalue weighted by Gasteiger charge is -2.18. The summed E-state index contributed by atoms with van der Waals surface area (Å²) in [6.07, 6.45) is 2.72. The van der Waals surface area contributed by atoms with Crippen molar-refractivity contribution >= 4 is 17.4 Å². The Labute approximate surface area is 109 Å². The van der Waals surface area contributed by atoms with Gasteiger partial charge in [0.1, 0.15) is 5.82 Å². The Balaban J connectivity index is 2.63. The number of hydrogen-bond acceptors (Lipinski definition) is 3. The van der Waals surface area contributed by atoms with E-state index in [1.807, 2.05) is 32.9 Å². The Morgan fingerprint density at radius 3 is 2.50 bits per heavy atom. The van der Waals surface area contributed by atoms with Gasteiger partial charge < -0.3 is 10.6 Å². The van der Waals surface area contributed by atoms with E-state index in [-0.39, 0.29) is 5.91 Å². The summed E-state index contributed by atoms with van der Waals surface area (Å²) in [6.45, 7) is 9.88. The van der Waals surface area contributed by atoms with Crippen LogP contribution in [0.25, 0.3) is 0 Å². The average Bonchev–Trinajstić information content (AvgIpc) is 2.30. The van der Waals surface area contributed by atoms with Gasteiger partial charge in [-0.2, -0.15) is 0 Å². The molecule has 1 heterocycles. The van der Waals surface area contributed by atoms with Gasteiger partial charge in [-0.05, 0) is 25.5 Å². The Hall–Kier alpha value is -1.58. The van der Waals surface area contributed by atoms with E-state index in [9.17, 15) is 4.79 Å². The summed E-state index contributed by atoms with van der Waals surface area (Å²) >= 11 is 0. The Morgan fingerprint density at radius 2 is 2.06 bits per heavy atom. The van der Waals surface area contributed by atoms with Crippen LogP contribution in [-0.2, 0) is 4.79 Å². The fourth-order valence-electron chi connectivity index (χ4n) is 1.23. The van der Waals surface area contributed by atoms with Crippen LogP contribution in [0.2, 0.25) is 0 Å². The van der Waals surface area contributed by atoms with Crippen LogP contribution in [0, 0.1) is 5.41 Å². The summed E-state index contributed by atoms with van der Waals surface area (Å²) in [7, 11) is 0. The topological polar surface area (TPSA) is 54.0 Å². The summed E-state index contributed by atoms with van der Waals surface area (Å²) < 4.78 is 0. The maximum atomic E-state index is 11.8. The minimum atomic E-state index is -0.395. The van der Waals surface area contributed by atoms with E-state index < -0.39 is 5.41 Å². The van der Waals surface area contributed by atoms with Crippen LogP contribution in [0.3, 0.4) is 0 Å². The van der Waals surface area contributed by atoms with E-state index in [1.165, 1.54) is 0 Å². The first-order chi connectivity index (χ1) is 8.32. The third-order valence-electron chi connectivity index (χ3n) is 2.71. The highest BCUT2D eigenvalue weighted by molar-refractivity contribution is 5.94. The molecular weight excluding hydrogens is 226 g/mol. The molecule has 0 spiro atoms. The Kier molecular flexibility index (Phi) is 4.70. The van der Waals surface area contributed by atoms with Gasteiger partial charge in [-0.3, -0.25) is 4.79 Å². The first-order valence-corrected chi connectivity index (χ1v) is 6.37. The molecule has 0 bridgehead atoms. The molecule has 1 amide bonds. The van der Waals surface area contributed by atoms with Gasteiger partial charge in [-0.1, -0.05) is 27.7 Å². The van der Waals surface area contributed by atoms with Crippen molar-refractivity contribution < 1.29 is 4.79 Å². The molecule has 0 aromatic carbocycles. The van der Waals surface area contributed by atoms with Crippen molar-refractivity contribution in [2.45, 2.75) is 47.1 Å². The summed E-state index contributed by atoms with van der Waals surface area (Å²) in [4.78, 5) is 16.1. The second-order valence-corrected chi connectivity index (χ2v) is 5.59. The molecule has 0 aliphatic heterocycles. The number of aromatic nitrogens is 1. The van der Waals surface area contributed by atoms with Crippen LogP contribution in [0.15, 0.2) is 18.3 Å². The average molecular weight is 249 g/mol. The number of nitrogens with one attached hydrogen (secondary N) is 2. The lowest BCUT2D eigenvalue weighted by Crippen LogP contribution is -2.27. The van der Waals surface area contributed by atoms with Gasteiger partial charge in [-0.25, -0.2) is 4.98 Å². The minimum absolute atomic E-state index is 0.00747. The van der Waals surface area contributed by atoms with Crippen molar-refractivity contribution in [1.29, 1.82) is 0 Å². The molecule has 1 rings (SSSR count). The molecule has 1 aromatic rings. The Morgan fingerprint density at radius 1 is 1.39 bits per heavy atom. The molecule has 2 N–H and O–H groups in total. The summed E-state index contributed by atoms with van der Waals surface area (Å²) in [6, 6.07) is 4.14. The highest BCUT2D eigenvalue weighted by Gasteiger charge is 2.21. The van der Waals surface area contributed by atoms with Crippen molar-refractivity contribution in [3.63, 3.8) is 0 Å². The number of pyridine rings is 1. The second-order valence-electron chi connectivity index (χ2n) is 5.59. The number of carbonyl (C=O) groups is 1. The van der Waals surface area contributed by atoms with Crippen LogP contribution in [0.5, 0.6) is 0 Å². The zero-order valence-corrected chi connectivity index (χ0v) is 11.9. The van der Waals surface area contributed by atoms with E-state index in [0.29, 0.717) is 6.04 Å². The van der Waals surface area contributed by atoms with Crippen molar-refractivity contribution in [3.05, 3.63) is 18.3 Å². The van der Waals surface area contributed by atoms with E-state index >= 15 is 0 Å². The highest BCUT2D eigenvalue weighted by atomic mass is 16.2. The lowest BCUT2D eigenvalue weighted by atomic mass is 9.96. The third-order valence-corrected chi connectivity index (χ3v) is 2.71. The summed E-state index contributed by atoms with van der Waals surface area (Å²) in [5.74, 6) is 0.824. The molecule has 0 fully saturated rings. The third kappa shape index (κ3) is 4.35. The van der Waals surface area contributed by atoms with Gasteiger partial charge in [0, 0.05) is 11.5 Å². The van der Waals surface area contributed by atoms with Crippen LogP contribution < -0.4 is 10.6 Å². The zero-order valence-electron chi connectivity index (χ0n) is 11.9. The standard InChI is InChI=1S/C14H23N3O/c1-6-10(2)16-12-8-7-11(9-15-12)17-13(18)14(3,4)5/h7-10H,6H2,1-5H3,(H,15,16)(H,17,18). The molecular formula is C14H23N3O. The van der Waals surface area contributed by atoms with E-state index in [0.717, 1.165) is 17.9 Å². The van der Waals surface area contributed by atoms with Crippen molar-refractivity contribution in [1.82, 2.24) is 4.98 Å². The predicted octanol–water partition coefficient (Wildman–Crippen LogP) is 3.28. The number of amides is 1. The molecule has 1 atom stereocenters. The molecule has 0 aliphatic carbocycles. The Bertz CT molecular complexity index is 392. The van der Waals surface area contributed by atoms with Crippen molar-refractivity contribution in [2.24, 2.45) is 5.41 Å². The molecule has 0 aliphatic rings. The molecule has 1 unspecified atom stereocenters. The SMILES string of the molecule is CCC(C)Nc1ccc(NC(=O)C(C)(C)C)cn1. The molecule has 0 radical (unpaired) electrons. The van der Waals surface area contributed by atoms with Crippen molar-refractivity contribution in [2.75, 3.05) is 10.6 Å². The fourth-order valence-corrected chi connectivity index (χ4v) is 1.23. The van der Waals surface area contributed by atoms with Gasteiger partial charge in [0.2, 0.25) is 5.91 Å². The van der Waals surface area contributed by atoms with Crippen molar-refractivity contribution in [3.8, 4) is 0 Å². The van der Waals surface area contributed by atoms with Crippen LogP contribution in [-0.4, -0.2) is 16.9 Å². The molecule has 0 saturated carbocycles. The quantitative estimate of drug-likeness (QED) is 0.861. The van der Waals surface area contributed by atoms with Gasteiger partial charge >= 0.3 is 0 Å². The number of anilines is 2. The first kappa shape index (κ1) is 14.5. The van der Waals surface area contributed by atoms with Gasteiger partial charge in [0.25, 0.3) is 0 Å². The predicted molar refractivity (Wildman–Crippen MR) is 75.7 cm³/mol. The smallest absolute Gasteiger partial charge is 0.229 e. The minimum Gasteiger partial charge on any atom is -0.368 e. The monoisotopic (exact) mass is 249 g/mol. The normalized spacial score (nSPS) is 12.9. The number of hydrogen-bond donors (Lipinski definition) is 2.